The van der Waals surface area contributed by atoms with Crippen molar-refractivity contribution >= 4 is 39.5 Å². The highest BCUT2D eigenvalue weighted by Gasteiger charge is 2.30. The van der Waals surface area contributed by atoms with Crippen molar-refractivity contribution in [3.63, 3.8) is 0 Å². The summed E-state index contributed by atoms with van der Waals surface area (Å²) in [6.45, 7) is 11.9. The van der Waals surface area contributed by atoms with Gasteiger partial charge in [0.2, 0.25) is 0 Å². The molecule has 0 amide bonds. The van der Waals surface area contributed by atoms with E-state index in [9.17, 15) is 43.2 Å². The second-order valence-electron chi connectivity index (χ2n) is 28.6. The van der Waals surface area contributed by atoms with Gasteiger partial charge in [-0.05, 0) is 43.4 Å². The zero-order chi connectivity index (χ0) is 70.1. The molecule has 0 saturated carbocycles. The molecule has 95 heavy (non-hydrogen) atoms. The molecule has 564 valence electrons. The molecule has 0 fully saturated rings. The number of carbonyl (C=O) groups is 4. The van der Waals surface area contributed by atoms with Crippen molar-refractivity contribution < 1.29 is 80.2 Å². The first-order valence-corrected chi connectivity index (χ1v) is 42.4. The summed E-state index contributed by atoms with van der Waals surface area (Å²) in [7, 11) is -9.91. The topological polar surface area (TPSA) is 237 Å². The van der Waals surface area contributed by atoms with E-state index in [4.69, 9.17) is 37.0 Å². The van der Waals surface area contributed by atoms with Gasteiger partial charge in [0.25, 0.3) is 0 Å². The van der Waals surface area contributed by atoms with E-state index in [0.717, 1.165) is 108 Å². The van der Waals surface area contributed by atoms with Crippen molar-refractivity contribution in [1.29, 1.82) is 0 Å². The zero-order valence-corrected chi connectivity index (χ0v) is 63.9. The second-order valence-corrected chi connectivity index (χ2v) is 31.5. The molecule has 0 spiro atoms. The predicted octanol–water partition coefficient (Wildman–Crippen LogP) is 22.2. The van der Waals surface area contributed by atoms with Gasteiger partial charge in [0, 0.05) is 25.7 Å². The quantitative estimate of drug-likeness (QED) is 0.0222. The largest absolute Gasteiger partial charge is 0.472 e. The molecule has 19 heteroatoms. The average molecular weight is 1400 g/mol. The molecule has 3 N–H and O–H groups in total. The summed E-state index contributed by atoms with van der Waals surface area (Å²) in [4.78, 5) is 72.9. The molecule has 0 aliphatic carbocycles. The molecule has 0 heterocycles. The van der Waals surface area contributed by atoms with Crippen molar-refractivity contribution in [2.75, 3.05) is 39.6 Å². The molecular formula is C76H148O17P2. The van der Waals surface area contributed by atoms with Crippen LogP contribution in [0.25, 0.3) is 0 Å². The monoisotopic (exact) mass is 1400 g/mol. The summed E-state index contributed by atoms with van der Waals surface area (Å²) in [6, 6.07) is 0. The number of unbranched alkanes of at least 4 members (excludes halogenated alkanes) is 41. The smallest absolute Gasteiger partial charge is 0.462 e. The Morgan fingerprint density at radius 3 is 0.800 bits per heavy atom. The maximum absolute atomic E-state index is 13.1. The summed E-state index contributed by atoms with van der Waals surface area (Å²) in [5.74, 6) is 0.219. The first-order valence-electron chi connectivity index (χ1n) is 39.4. The fourth-order valence-corrected chi connectivity index (χ4v) is 13.1. The molecule has 3 unspecified atom stereocenters. The Labute approximate surface area is 581 Å². The maximum Gasteiger partial charge on any atom is 0.472 e. The van der Waals surface area contributed by atoms with Crippen molar-refractivity contribution in [2.45, 2.75) is 407 Å². The summed E-state index contributed by atoms with van der Waals surface area (Å²) >= 11 is 0. The fraction of sp³-hybridized carbons (Fsp3) is 0.947. The molecule has 0 aromatic carbocycles. The van der Waals surface area contributed by atoms with E-state index in [-0.39, 0.29) is 25.7 Å². The van der Waals surface area contributed by atoms with E-state index in [0.29, 0.717) is 25.7 Å². The van der Waals surface area contributed by atoms with Crippen LogP contribution in [0, 0.1) is 17.8 Å². The van der Waals surface area contributed by atoms with Crippen LogP contribution in [0.5, 0.6) is 0 Å². The van der Waals surface area contributed by atoms with Gasteiger partial charge >= 0.3 is 39.5 Å². The van der Waals surface area contributed by atoms with Crippen LogP contribution >= 0.6 is 15.6 Å². The minimum atomic E-state index is -4.96. The lowest BCUT2D eigenvalue weighted by atomic mass is 9.99. The number of hydrogen-bond donors (Lipinski definition) is 3. The van der Waals surface area contributed by atoms with Gasteiger partial charge in [0.15, 0.2) is 12.2 Å². The van der Waals surface area contributed by atoms with Crippen LogP contribution < -0.4 is 0 Å². The molecular weight excluding hydrogens is 1250 g/mol. The van der Waals surface area contributed by atoms with Crippen LogP contribution in [0.2, 0.25) is 0 Å². The summed E-state index contributed by atoms with van der Waals surface area (Å²) in [5, 5.41) is 10.6. The number of rotatable bonds is 74. The standard InChI is InChI=1S/C76H148O17P2/c1-8-10-11-12-13-14-15-17-23-29-38-45-52-59-75(80)93-72(64-87-74(79)58-51-44-37-32-31-35-42-49-56-69(7)9-2)66-91-95(84,85)89-62-70(77)61-88-94(82,83)90-65-71(63-86-73(78)57-50-43-36-28-25-20-22-27-34-41-48-55-68(5)6)92-76(81)60-53-46-39-30-24-19-16-18-21-26-33-40-47-54-67(3)4/h67-72,77H,8-66H2,1-7H3,(H,82,83)(H,84,85)/t69?,70-,71-,72-/m1/s1. The van der Waals surface area contributed by atoms with Crippen LogP contribution in [-0.4, -0.2) is 96.7 Å². The Morgan fingerprint density at radius 1 is 0.305 bits per heavy atom. The van der Waals surface area contributed by atoms with Crippen molar-refractivity contribution in [1.82, 2.24) is 0 Å². The lowest BCUT2D eigenvalue weighted by Gasteiger charge is -2.21. The number of hydrogen-bond acceptors (Lipinski definition) is 15. The molecule has 0 radical (unpaired) electrons. The van der Waals surface area contributed by atoms with Gasteiger partial charge < -0.3 is 33.8 Å². The molecule has 0 aromatic heterocycles. The van der Waals surface area contributed by atoms with Crippen LogP contribution in [0.15, 0.2) is 0 Å². The number of esters is 4. The normalized spacial score (nSPS) is 14.4. The van der Waals surface area contributed by atoms with Crippen molar-refractivity contribution in [2.24, 2.45) is 17.8 Å². The third-order valence-corrected chi connectivity index (χ3v) is 19.9. The van der Waals surface area contributed by atoms with Crippen LogP contribution in [0.4, 0.5) is 0 Å². The van der Waals surface area contributed by atoms with Gasteiger partial charge in [0.1, 0.15) is 19.3 Å². The molecule has 0 bridgehead atoms. The predicted molar refractivity (Wildman–Crippen MR) is 386 cm³/mol. The Morgan fingerprint density at radius 2 is 0.537 bits per heavy atom. The van der Waals surface area contributed by atoms with Gasteiger partial charge in [-0.25, -0.2) is 9.13 Å². The Bertz CT molecular complexity index is 1850. The van der Waals surface area contributed by atoms with E-state index >= 15 is 0 Å². The number of ether oxygens (including phenoxy) is 4. The Kier molecular flexibility index (Phi) is 65.2. The number of aliphatic hydroxyl groups excluding tert-OH is 1. The zero-order valence-electron chi connectivity index (χ0n) is 62.1. The van der Waals surface area contributed by atoms with Crippen molar-refractivity contribution in [3.05, 3.63) is 0 Å². The van der Waals surface area contributed by atoms with E-state index < -0.39 is 97.5 Å². The lowest BCUT2D eigenvalue weighted by Crippen LogP contribution is -2.30. The number of phosphoric acid groups is 2. The van der Waals surface area contributed by atoms with E-state index in [1.54, 1.807) is 0 Å². The van der Waals surface area contributed by atoms with E-state index in [2.05, 4.69) is 48.5 Å². The minimum Gasteiger partial charge on any atom is -0.462 e. The number of aliphatic hydroxyl groups is 1. The highest BCUT2D eigenvalue weighted by molar-refractivity contribution is 7.47. The molecule has 0 aliphatic rings. The minimum absolute atomic E-state index is 0.107. The Hall–Kier alpha value is -1.94. The van der Waals surface area contributed by atoms with Gasteiger partial charge in [-0.15, -0.1) is 0 Å². The molecule has 0 saturated heterocycles. The SMILES string of the molecule is CCCCCCCCCCCCCCCC(=O)O[C@H](COC(=O)CCCCCCCCCCC(C)CC)COP(=O)(O)OC[C@H](O)COP(=O)(O)OC[C@@H](COC(=O)CCCCCCCCCCCCCC(C)C)OC(=O)CCCCCCCCCCCCCCCC(C)C. The number of phosphoric ester groups is 2. The van der Waals surface area contributed by atoms with Crippen LogP contribution in [-0.2, 0) is 65.4 Å². The third kappa shape index (κ3) is 69.0. The fourth-order valence-electron chi connectivity index (χ4n) is 11.6. The molecule has 0 aliphatic heterocycles. The average Bonchev–Trinajstić information content (AvgIpc) is 2.74. The highest BCUT2D eigenvalue weighted by Crippen LogP contribution is 2.45. The van der Waals surface area contributed by atoms with Gasteiger partial charge in [-0.1, -0.05) is 337 Å². The summed E-state index contributed by atoms with van der Waals surface area (Å²) in [5.41, 5.74) is 0. The summed E-state index contributed by atoms with van der Waals surface area (Å²) < 4.78 is 68.6. The Balaban J connectivity index is 5.27. The molecule has 0 aromatic rings. The van der Waals surface area contributed by atoms with E-state index in [1.807, 2.05) is 0 Å². The maximum atomic E-state index is 13.1. The van der Waals surface area contributed by atoms with Crippen LogP contribution in [0.3, 0.4) is 0 Å². The lowest BCUT2D eigenvalue weighted by molar-refractivity contribution is -0.161. The molecule has 6 atom stereocenters. The van der Waals surface area contributed by atoms with Crippen LogP contribution in [0.1, 0.15) is 389 Å². The van der Waals surface area contributed by atoms with E-state index in [1.165, 1.54) is 199 Å². The highest BCUT2D eigenvalue weighted by atomic mass is 31.2. The second kappa shape index (κ2) is 66.6. The van der Waals surface area contributed by atoms with Gasteiger partial charge in [-0.3, -0.25) is 37.3 Å². The third-order valence-electron chi connectivity index (χ3n) is 18.0. The first kappa shape index (κ1) is 93.1. The molecule has 17 nitrogen and oxygen atoms in total. The molecule has 0 rings (SSSR count). The summed E-state index contributed by atoms with van der Waals surface area (Å²) in [6.07, 6.45) is 52.5. The first-order chi connectivity index (χ1) is 45.8. The van der Waals surface area contributed by atoms with Gasteiger partial charge in [0.05, 0.1) is 26.4 Å². The van der Waals surface area contributed by atoms with Gasteiger partial charge in [-0.2, -0.15) is 0 Å². The number of carbonyl (C=O) groups excluding carboxylic acids is 4. The van der Waals surface area contributed by atoms with Crippen molar-refractivity contribution in [3.8, 4) is 0 Å².